The molecule has 0 radical (unpaired) electrons. The summed E-state index contributed by atoms with van der Waals surface area (Å²) in [5, 5.41) is 17.0. The number of rotatable bonds is 7. The van der Waals surface area contributed by atoms with E-state index in [-0.39, 0.29) is 179 Å². The average Bonchev–Trinajstić information content (AvgIpc) is 3.87. The Hall–Kier alpha value is 0.150. The van der Waals surface area contributed by atoms with Crippen molar-refractivity contribution in [3.63, 3.8) is 0 Å². The van der Waals surface area contributed by atoms with Crippen LogP contribution in [0.1, 0.15) is 158 Å². The number of ether oxygens (including phenoxy) is 2. The van der Waals surface area contributed by atoms with E-state index in [2.05, 4.69) is 148 Å². The molecule has 0 saturated carbocycles. The van der Waals surface area contributed by atoms with Crippen LogP contribution in [0.15, 0.2) is 97.1 Å². The Kier molecular flexibility index (Phi) is 38.4. The quantitative estimate of drug-likeness (QED) is 0.123. The number of nitrogens with one attached hydrogen (secondary N) is 2. The van der Waals surface area contributed by atoms with Crippen molar-refractivity contribution in [2.45, 2.75) is 183 Å². The molecule has 2 amide bonds. The third-order valence-electron chi connectivity index (χ3n) is 13.7. The molecule has 6 aliphatic heterocycles. The molecule has 0 unspecified atom stereocenters. The van der Waals surface area contributed by atoms with Crippen molar-refractivity contribution < 1.29 is 53.7 Å². The third-order valence-corrected chi connectivity index (χ3v) is 16.6. The Balaban J connectivity index is -0.00000114. The van der Waals surface area contributed by atoms with Gasteiger partial charge in [0.15, 0.2) is 0 Å². The van der Waals surface area contributed by atoms with Crippen molar-refractivity contribution >= 4 is 156 Å². The minimum Gasteiger partial charge on any atom is -0.787 e. The van der Waals surface area contributed by atoms with Gasteiger partial charge in [0.1, 0.15) is 13.2 Å². The zero-order valence-electron chi connectivity index (χ0n) is 49.4. The molecule has 10 rings (SSSR count). The van der Waals surface area contributed by atoms with Gasteiger partial charge in [-0.05, 0) is 90.5 Å². The minimum atomic E-state index is -0.458. The van der Waals surface area contributed by atoms with E-state index in [4.69, 9.17) is 27.2 Å². The minimum absolute atomic E-state index is 0. The number of nitrogens with zero attached hydrogens (tertiary/aromatic N) is 2. The van der Waals surface area contributed by atoms with Crippen molar-refractivity contribution in [2.24, 2.45) is 0 Å². The van der Waals surface area contributed by atoms with Crippen LogP contribution in [0.4, 0.5) is 9.59 Å². The van der Waals surface area contributed by atoms with Gasteiger partial charge in [0.05, 0.1) is 41.9 Å². The van der Waals surface area contributed by atoms with Crippen LogP contribution < -0.4 is 40.2 Å². The van der Waals surface area contributed by atoms with E-state index in [1.807, 2.05) is 61.8 Å². The summed E-state index contributed by atoms with van der Waals surface area (Å²) in [6.07, 6.45) is 4.03. The Morgan fingerprint density at radius 3 is 1.05 bits per heavy atom. The molecule has 0 bridgehead atoms. The first-order chi connectivity index (χ1) is 33.4. The van der Waals surface area contributed by atoms with E-state index in [0.29, 0.717) is 46.9 Å². The zero-order valence-corrected chi connectivity index (χ0v) is 61.9. The molecular formula is C59H97N4NaO5S11. The van der Waals surface area contributed by atoms with E-state index >= 15 is 0 Å². The predicted molar refractivity (Wildman–Crippen MR) is 381 cm³/mol. The molecule has 6 aliphatic rings. The van der Waals surface area contributed by atoms with Gasteiger partial charge in [0.2, 0.25) is 0 Å². The van der Waals surface area contributed by atoms with Crippen molar-refractivity contribution in [3.8, 4) is 0 Å². The number of fused-ring (bicyclic) bond motifs is 6. The molecule has 2 saturated heterocycles. The van der Waals surface area contributed by atoms with Crippen LogP contribution in [-0.4, -0.2) is 95.8 Å². The fourth-order valence-corrected chi connectivity index (χ4v) is 12.1. The number of carbonyl (C=O) groups is 2. The maximum Gasteiger partial charge on any atom is 1.00 e. The Labute approximate surface area is 574 Å². The van der Waals surface area contributed by atoms with Crippen molar-refractivity contribution in [1.29, 1.82) is 0 Å². The fourth-order valence-electron chi connectivity index (χ4n) is 10.3. The molecule has 4 aromatic carbocycles. The van der Waals surface area contributed by atoms with E-state index in [1.54, 1.807) is 13.8 Å². The molecule has 21 heteroatoms. The first kappa shape index (κ1) is 84.4. The number of carbonyl (C=O) groups excluding carboxylic acids is 2. The molecule has 2 fully saturated rings. The molecule has 0 aromatic heterocycles. The topological polar surface area (TPSA) is 103 Å². The summed E-state index contributed by atoms with van der Waals surface area (Å²) in [4.78, 5) is 29.2. The van der Waals surface area contributed by atoms with Gasteiger partial charge in [0, 0.05) is 33.1 Å². The number of thioether (sulfide) groups is 2. The third kappa shape index (κ3) is 23.3. The van der Waals surface area contributed by atoms with Gasteiger partial charge < -0.3 is 37.8 Å². The van der Waals surface area contributed by atoms with Crippen molar-refractivity contribution in [3.05, 3.63) is 142 Å². The summed E-state index contributed by atoms with van der Waals surface area (Å²) in [6, 6.07) is 35.7. The standard InChI is InChI=1S/C28H40N2S2.C22H20N2O4.C5H12O.C4H10S.Na.8H2S/c1-27(2,3)31-17-21-15-19-11-7-9-13-23(19)25(29-21)26-24-14-10-8-12-20(24)16-22(30-26)18-32-28(4,5)6;25-21-23-15(11-27-21)9-13-5-1-3-7-17(13)19(23)20-18-8-4-2-6-14(18)10-16-12-28-22(26)24(16)20;1-4-5(2,3)6;1-4(2,3)5;;;;;;;;;/h7-14,21-22,25-26,29-30H,15-18H2,1-6H3;1-8,15-16,19-20H,9-12H2;6H,4H2,1-3H3;5H,1-3H3;;8*1H2/q;;;;+1;;;;;;;;/p-1/t21-,22-,25-,26-;15-,16-,19-,20-;;;;;;;;;;;/m00.........../s1. The van der Waals surface area contributed by atoms with Crippen molar-refractivity contribution in [2.75, 3.05) is 24.7 Å². The smallest absolute Gasteiger partial charge is 0.787 e. The number of hydrogen-bond acceptors (Lipinski definition) is 10. The van der Waals surface area contributed by atoms with Gasteiger partial charge in [-0.1, -0.05) is 166 Å². The number of benzene rings is 4. The Bertz CT molecular complexity index is 2310. The molecular weight excluding hydrogens is 1220 g/mol. The van der Waals surface area contributed by atoms with E-state index in [9.17, 15) is 9.59 Å². The SMILES string of the molecule is CC(C)(C)SC[C@@H]1Cc2ccccc2[C@@H]([C@H]2N[C@H](CSC(C)(C)C)Cc3ccccc32)N1.CC(C)(C)[S-].CCC(C)(C)O.O=C1OC[C@@H]2Cc3ccccc3[C@@H]([C@@H]3c4ccccc4C[C@H]4COC(=O)N43)N12.S.S.S.S.S.S.S.S.[Na+]. The monoisotopic (exact) mass is 1320 g/mol. The molecule has 6 heterocycles. The van der Waals surface area contributed by atoms with Crippen LogP contribution in [-0.2, 0) is 47.8 Å². The Morgan fingerprint density at radius 2 is 0.775 bits per heavy atom. The molecule has 0 spiro atoms. The van der Waals surface area contributed by atoms with Crippen LogP contribution in [0.2, 0.25) is 0 Å². The maximum atomic E-state index is 12.7. The van der Waals surface area contributed by atoms with Crippen LogP contribution in [0, 0.1) is 0 Å². The molecule has 9 nitrogen and oxygen atoms in total. The largest absolute Gasteiger partial charge is 1.00 e. The molecule has 4 aromatic rings. The number of amides is 2. The molecule has 450 valence electrons. The maximum absolute atomic E-state index is 12.7. The zero-order chi connectivity index (χ0) is 51.5. The number of hydrogen-bond donors (Lipinski definition) is 3. The molecule has 3 N–H and O–H groups in total. The van der Waals surface area contributed by atoms with Crippen LogP contribution in [0.5, 0.6) is 0 Å². The number of cyclic esters (lactones) is 2. The van der Waals surface area contributed by atoms with Crippen LogP contribution >= 0.6 is 131 Å². The van der Waals surface area contributed by atoms with E-state index in [0.717, 1.165) is 54.7 Å². The first-order valence-corrected chi connectivity index (χ1v) is 28.2. The predicted octanol–water partition coefficient (Wildman–Crippen LogP) is 10.2. The normalized spacial score (nSPS) is 22.5. The Morgan fingerprint density at radius 1 is 0.512 bits per heavy atom. The summed E-state index contributed by atoms with van der Waals surface area (Å²) in [5.74, 6) is 2.29. The van der Waals surface area contributed by atoms with Gasteiger partial charge in [-0.15, -0.1) is 0 Å². The molecule has 8 atom stereocenters. The second kappa shape index (κ2) is 36.5. The van der Waals surface area contributed by atoms with Gasteiger partial charge >= 0.3 is 41.7 Å². The van der Waals surface area contributed by atoms with Gasteiger partial charge in [-0.25, -0.2) is 9.59 Å². The molecule has 0 aliphatic carbocycles. The summed E-state index contributed by atoms with van der Waals surface area (Å²) >= 11 is 8.97. The van der Waals surface area contributed by atoms with E-state index < -0.39 is 5.60 Å². The van der Waals surface area contributed by atoms with Crippen LogP contribution in [0.25, 0.3) is 0 Å². The number of aliphatic hydroxyl groups is 1. The van der Waals surface area contributed by atoms with Gasteiger partial charge in [-0.3, -0.25) is 9.80 Å². The average molecular weight is 1320 g/mol. The van der Waals surface area contributed by atoms with Gasteiger partial charge in [0.25, 0.3) is 0 Å². The molecule has 80 heavy (non-hydrogen) atoms. The summed E-state index contributed by atoms with van der Waals surface area (Å²) < 4.78 is 11.5. The second-order valence-corrected chi connectivity index (χ2v) is 28.5. The van der Waals surface area contributed by atoms with Crippen LogP contribution in [0.3, 0.4) is 0 Å². The first-order valence-electron chi connectivity index (χ1n) is 25.8. The second-order valence-electron chi connectivity index (χ2n) is 23.6. The van der Waals surface area contributed by atoms with E-state index in [1.165, 1.54) is 33.4 Å². The van der Waals surface area contributed by atoms with Crippen molar-refractivity contribution in [1.82, 2.24) is 20.4 Å². The summed E-state index contributed by atoms with van der Waals surface area (Å²) in [6.45, 7) is 26.3. The summed E-state index contributed by atoms with van der Waals surface area (Å²) in [5.41, 5.74) is 10.2. The van der Waals surface area contributed by atoms with Gasteiger partial charge in [-0.2, -0.15) is 136 Å². The fraction of sp³-hybridized carbons (Fsp3) is 0.559. The summed E-state index contributed by atoms with van der Waals surface area (Å²) in [7, 11) is 0.